The molecule has 0 saturated heterocycles. The number of carbonyl (C=O) groups excluding carboxylic acids is 1. The fourth-order valence-electron chi connectivity index (χ4n) is 3.08. The molecule has 1 aliphatic rings. The van der Waals surface area contributed by atoms with Crippen LogP contribution in [0.25, 0.3) is 0 Å². The lowest BCUT2D eigenvalue weighted by molar-refractivity contribution is -0.123. The second-order valence-electron chi connectivity index (χ2n) is 5.70. The number of hydrogen-bond acceptors (Lipinski definition) is 4. The van der Waals surface area contributed by atoms with Crippen LogP contribution in [0.5, 0.6) is 0 Å². The van der Waals surface area contributed by atoms with Crippen LogP contribution in [0.3, 0.4) is 0 Å². The lowest BCUT2D eigenvalue weighted by atomic mass is 9.82. The van der Waals surface area contributed by atoms with Crippen LogP contribution in [0.15, 0.2) is 36.0 Å². The zero-order valence-electron chi connectivity index (χ0n) is 12.4. The number of thiazole rings is 1. The van der Waals surface area contributed by atoms with E-state index in [1.165, 1.54) is 5.56 Å². The highest BCUT2D eigenvalue weighted by atomic mass is 32.1. The van der Waals surface area contributed by atoms with Crippen molar-refractivity contribution in [2.24, 2.45) is 0 Å². The number of aliphatic hydroxyl groups is 1. The van der Waals surface area contributed by atoms with E-state index in [1.807, 2.05) is 12.1 Å². The van der Waals surface area contributed by atoms with Crippen molar-refractivity contribution in [3.63, 3.8) is 0 Å². The Morgan fingerprint density at radius 3 is 3.09 bits per heavy atom. The summed E-state index contributed by atoms with van der Waals surface area (Å²) in [5.74, 6) is -0.0730. The average Bonchev–Trinajstić information content (AvgIpc) is 3.06. The van der Waals surface area contributed by atoms with Gasteiger partial charge in [-0.1, -0.05) is 24.3 Å². The van der Waals surface area contributed by atoms with Crippen molar-refractivity contribution < 1.29 is 9.90 Å². The summed E-state index contributed by atoms with van der Waals surface area (Å²) in [4.78, 5) is 17.7. The molecule has 1 amide bonds. The van der Waals surface area contributed by atoms with Crippen molar-refractivity contribution in [2.75, 3.05) is 6.61 Å². The van der Waals surface area contributed by atoms with Gasteiger partial charge in [-0.2, -0.15) is 0 Å². The Labute approximate surface area is 134 Å². The maximum absolute atomic E-state index is 12.6. The molecule has 2 N–H and O–H groups in total. The van der Waals surface area contributed by atoms with Gasteiger partial charge in [0, 0.05) is 17.5 Å². The predicted octanol–water partition coefficient (Wildman–Crippen LogP) is 2.28. The van der Waals surface area contributed by atoms with Crippen LogP contribution in [0.4, 0.5) is 0 Å². The van der Waals surface area contributed by atoms with Crippen LogP contribution in [-0.4, -0.2) is 28.6 Å². The second-order valence-corrected chi connectivity index (χ2v) is 6.67. The van der Waals surface area contributed by atoms with E-state index in [-0.39, 0.29) is 24.5 Å². The maximum atomic E-state index is 12.6. The van der Waals surface area contributed by atoms with E-state index in [2.05, 4.69) is 22.4 Å². The number of aliphatic hydroxyl groups excluding tert-OH is 1. The Kier molecular flexibility index (Phi) is 4.85. The Balaban J connectivity index is 1.69. The molecule has 5 heteroatoms. The van der Waals surface area contributed by atoms with E-state index in [0.29, 0.717) is 6.42 Å². The van der Waals surface area contributed by atoms with Crippen molar-refractivity contribution in [3.05, 3.63) is 52.0 Å². The number of nitrogens with zero attached hydrogens (tertiary/aromatic N) is 1. The quantitative estimate of drug-likeness (QED) is 0.889. The molecule has 2 aromatic rings. The van der Waals surface area contributed by atoms with Gasteiger partial charge < -0.3 is 10.4 Å². The first kappa shape index (κ1) is 15.2. The van der Waals surface area contributed by atoms with Gasteiger partial charge in [0.25, 0.3) is 0 Å². The summed E-state index contributed by atoms with van der Waals surface area (Å²) < 4.78 is 0. The molecular weight excluding hydrogens is 296 g/mol. The molecule has 22 heavy (non-hydrogen) atoms. The molecule has 0 aliphatic heterocycles. The van der Waals surface area contributed by atoms with E-state index in [1.54, 1.807) is 23.0 Å². The maximum Gasteiger partial charge on any atom is 0.227 e. The molecule has 4 nitrogen and oxygen atoms in total. The zero-order valence-corrected chi connectivity index (χ0v) is 13.2. The molecule has 2 unspecified atom stereocenters. The highest BCUT2D eigenvalue weighted by Gasteiger charge is 2.27. The molecule has 2 atom stereocenters. The van der Waals surface area contributed by atoms with Gasteiger partial charge in [-0.05, 0) is 30.4 Å². The Hall–Kier alpha value is -1.72. The number of benzene rings is 1. The molecule has 0 fully saturated rings. The van der Waals surface area contributed by atoms with Gasteiger partial charge in [0.2, 0.25) is 5.91 Å². The molecule has 1 heterocycles. The number of carbonyl (C=O) groups is 1. The minimum Gasteiger partial charge on any atom is -0.394 e. The zero-order chi connectivity index (χ0) is 15.4. The van der Waals surface area contributed by atoms with E-state index in [0.717, 1.165) is 29.7 Å². The number of hydrogen-bond donors (Lipinski definition) is 2. The third-order valence-electron chi connectivity index (χ3n) is 4.18. The van der Waals surface area contributed by atoms with Crippen molar-refractivity contribution in [3.8, 4) is 0 Å². The normalized spacial score (nSPS) is 18.5. The van der Waals surface area contributed by atoms with Gasteiger partial charge in [0.1, 0.15) is 0 Å². The summed E-state index contributed by atoms with van der Waals surface area (Å²) in [6.45, 7) is -0.0575. The first-order valence-electron chi connectivity index (χ1n) is 7.64. The van der Waals surface area contributed by atoms with E-state index < -0.39 is 0 Å². The Morgan fingerprint density at radius 1 is 1.45 bits per heavy atom. The Morgan fingerprint density at radius 2 is 2.32 bits per heavy atom. The summed E-state index contributed by atoms with van der Waals surface area (Å²) in [5.41, 5.74) is 4.18. The highest BCUT2D eigenvalue weighted by molar-refractivity contribution is 7.09. The molecule has 116 valence electrons. The fraction of sp³-hybridized carbons (Fsp3) is 0.412. The standard InChI is InChI=1S/C17H20N2O2S/c20-10-13(8-14-9-18-11-22-14)19-17(21)16-7-3-5-12-4-1-2-6-15(12)16/h1-2,4,6,9,11,13,16,20H,3,5,7-8,10H2,(H,19,21). The first-order valence-corrected chi connectivity index (χ1v) is 8.52. The van der Waals surface area contributed by atoms with Gasteiger partial charge in [0.05, 0.1) is 24.1 Å². The van der Waals surface area contributed by atoms with E-state index in [4.69, 9.17) is 0 Å². The lowest BCUT2D eigenvalue weighted by Crippen LogP contribution is -2.42. The summed E-state index contributed by atoms with van der Waals surface area (Å²) >= 11 is 1.54. The van der Waals surface area contributed by atoms with Crippen LogP contribution < -0.4 is 5.32 Å². The second kappa shape index (κ2) is 7.03. The monoisotopic (exact) mass is 316 g/mol. The molecule has 1 aromatic carbocycles. The highest BCUT2D eigenvalue weighted by Crippen LogP contribution is 2.31. The Bertz CT molecular complexity index is 627. The van der Waals surface area contributed by atoms with Crippen LogP contribution in [-0.2, 0) is 17.6 Å². The number of rotatable bonds is 5. The van der Waals surface area contributed by atoms with Gasteiger partial charge in [-0.3, -0.25) is 9.78 Å². The minimum atomic E-state index is -0.248. The number of fused-ring (bicyclic) bond motifs is 1. The van der Waals surface area contributed by atoms with Crippen LogP contribution in [0.1, 0.15) is 34.8 Å². The van der Waals surface area contributed by atoms with Gasteiger partial charge in [0.15, 0.2) is 0 Å². The third-order valence-corrected chi connectivity index (χ3v) is 4.99. The van der Waals surface area contributed by atoms with Crippen LogP contribution in [0, 0.1) is 0 Å². The molecule has 1 aliphatic carbocycles. The first-order chi connectivity index (χ1) is 10.8. The molecule has 0 radical (unpaired) electrons. The van der Waals surface area contributed by atoms with Gasteiger partial charge in [-0.15, -0.1) is 11.3 Å². The summed E-state index contributed by atoms with van der Waals surface area (Å²) in [6, 6.07) is 7.93. The molecule has 1 aromatic heterocycles. The average molecular weight is 316 g/mol. The summed E-state index contributed by atoms with van der Waals surface area (Å²) in [7, 11) is 0. The molecule has 0 bridgehead atoms. The number of nitrogens with one attached hydrogen (secondary N) is 1. The van der Waals surface area contributed by atoms with E-state index >= 15 is 0 Å². The smallest absolute Gasteiger partial charge is 0.227 e. The SMILES string of the molecule is O=C(NC(CO)Cc1cncs1)C1CCCc2ccccc21. The summed E-state index contributed by atoms with van der Waals surface area (Å²) in [6.07, 6.45) is 5.37. The fourth-order valence-corrected chi connectivity index (χ4v) is 3.75. The van der Waals surface area contributed by atoms with Crippen molar-refractivity contribution in [1.29, 1.82) is 0 Å². The number of amides is 1. The summed E-state index contributed by atoms with van der Waals surface area (Å²) in [5, 5.41) is 12.5. The largest absolute Gasteiger partial charge is 0.394 e. The molecular formula is C17H20N2O2S. The molecule has 0 spiro atoms. The van der Waals surface area contributed by atoms with E-state index in [9.17, 15) is 9.90 Å². The number of aryl methyl sites for hydroxylation is 1. The number of aromatic nitrogens is 1. The van der Waals surface area contributed by atoms with Crippen LogP contribution >= 0.6 is 11.3 Å². The van der Waals surface area contributed by atoms with Gasteiger partial charge in [-0.25, -0.2) is 0 Å². The van der Waals surface area contributed by atoms with Gasteiger partial charge >= 0.3 is 0 Å². The third kappa shape index (κ3) is 3.36. The van der Waals surface area contributed by atoms with Crippen LogP contribution in [0.2, 0.25) is 0 Å². The molecule has 0 saturated carbocycles. The minimum absolute atomic E-state index is 0.0238. The molecule has 3 rings (SSSR count). The predicted molar refractivity (Wildman–Crippen MR) is 87.0 cm³/mol. The van der Waals surface area contributed by atoms with Crippen molar-refractivity contribution >= 4 is 17.2 Å². The lowest BCUT2D eigenvalue weighted by Gasteiger charge is -2.26. The topological polar surface area (TPSA) is 62.2 Å². The van der Waals surface area contributed by atoms with Crippen molar-refractivity contribution in [1.82, 2.24) is 10.3 Å². The van der Waals surface area contributed by atoms with Crippen molar-refractivity contribution in [2.45, 2.75) is 37.6 Å².